The lowest BCUT2D eigenvalue weighted by Crippen LogP contribution is -2.19. The summed E-state index contributed by atoms with van der Waals surface area (Å²) in [7, 11) is 0. The van der Waals surface area contributed by atoms with Crippen LogP contribution in [0.15, 0.2) is 16.6 Å². The maximum atomic E-state index is 13.0. The maximum Gasteiger partial charge on any atom is 0.416 e. The van der Waals surface area contributed by atoms with Gasteiger partial charge >= 0.3 is 12.1 Å². The van der Waals surface area contributed by atoms with E-state index in [0.29, 0.717) is 18.9 Å². The summed E-state index contributed by atoms with van der Waals surface area (Å²) in [6.07, 6.45) is -4.16. The molecule has 3 nitrogen and oxygen atoms in total. The average molecular weight is 339 g/mol. The van der Waals surface area contributed by atoms with Crippen LogP contribution in [0.4, 0.5) is 13.2 Å². The second-order valence-corrected chi connectivity index (χ2v) is 5.55. The van der Waals surface area contributed by atoms with Gasteiger partial charge in [0.25, 0.3) is 0 Å². The summed E-state index contributed by atoms with van der Waals surface area (Å²) >= 11 is 2.97. The SMILES string of the molecule is O=C(O)CC1(c2cc(Br)c(O)cc2C(F)(F)F)CC1. The van der Waals surface area contributed by atoms with Crippen molar-refractivity contribution in [2.45, 2.75) is 30.9 Å². The predicted octanol–water partition coefficient (Wildman–Crippen LogP) is 3.68. The molecule has 0 heterocycles. The second kappa shape index (κ2) is 4.40. The fraction of sp³-hybridized carbons (Fsp3) is 0.417. The first-order valence-corrected chi connectivity index (χ1v) is 6.27. The molecular formula is C12H10BrF3O3. The van der Waals surface area contributed by atoms with E-state index in [0.717, 1.165) is 0 Å². The first-order valence-electron chi connectivity index (χ1n) is 5.48. The summed E-state index contributed by atoms with van der Waals surface area (Å²) in [5, 5.41) is 18.2. The van der Waals surface area contributed by atoms with E-state index in [2.05, 4.69) is 15.9 Å². The Balaban J connectivity index is 2.56. The number of aliphatic carboxylic acids is 1. The largest absolute Gasteiger partial charge is 0.507 e. The first kappa shape index (κ1) is 14.2. The maximum absolute atomic E-state index is 13.0. The number of hydrogen-bond donors (Lipinski definition) is 2. The Bertz CT molecular complexity index is 536. The van der Waals surface area contributed by atoms with E-state index < -0.39 is 28.9 Å². The molecule has 1 aliphatic carbocycles. The number of alkyl halides is 3. The molecule has 0 atom stereocenters. The molecule has 1 aromatic rings. The Morgan fingerprint density at radius 1 is 1.37 bits per heavy atom. The lowest BCUT2D eigenvalue weighted by Gasteiger charge is -2.20. The van der Waals surface area contributed by atoms with E-state index in [1.54, 1.807) is 0 Å². The fourth-order valence-electron chi connectivity index (χ4n) is 2.22. The molecule has 0 spiro atoms. The van der Waals surface area contributed by atoms with Crippen LogP contribution in [-0.2, 0) is 16.4 Å². The van der Waals surface area contributed by atoms with Gasteiger partial charge in [0.2, 0.25) is 0 Å². The highest BCUT2D eigenvalue weighted by Crippen LogP contribution is 2.55. The first-order chi connectivity index (χ1) is 8.66. The zero-order valence-electron chi connectivity index (χ0n) is 9.59. The third-order valence-corrected chi connectivity index (χ3v) is 3.94. The molecule has 2 rings (SSSR count). The zero-order chi connectivity index (χ0) is 14.4. The standard InChI is InChI=1S/C12H10BrF3O3/c13-8-3-6(11(1-2-11)5-10(18)19)7(4-9(8)17)12(14,15)16/h3-4,17H,1-2,5H2,(H,18,19). The van der Waals surface area contributed by atoms with Crippen LogP contribution in [0.25, 0.3) is 0 Å². The van der Waals surface area contributed by atoms with E-state index in [9.17, 15) is 23.1 Å². The summed E-state index contributed by atoms with van der Waals surface area (Å²) in [5.74, 6) is -1.64. The number of carbonyl (C=O) groups is 1. The highest BCUT2D eigenvalue weighted by Gasteiger charge is 2.50. The molecule has 1 saturated carbocycles. The molecule has 1 fully saturated rings. The van der Waals surface area contributed by atoms with Crippen molar-refractivity contribution in [3.05, 3.63) is 27.7 Å². The number of hydrogen-bond acceptors (Lipinski definition) is 2. The predicted molar refractivity (Wildman–Crippen MR) is 64.0 cm³/mol. The van der Waals surface area contributed by atoms with E-state index >= 15 is 0 Å². The molecule has 0 radical (unpaired) electrons. The molecule has 1 aliphatic rings. The minimum Gasteiger partial charge on any atom is -0.507 e. The third-order valence-electron chi connectivity index (χ3n) is 3.31. The molecule has 0 saturated heterocycles. The van der Waals surface area contributed by atoms with Gasteiger partial charge in [-0.05, 0) is 46.5 Å². The highest BCUT2D eigenvalue weighted by atomic mass is 79.9. The van der Waals surface area contributed by atoms with Gasteiger partial charge in [0.15, 0.2) is 0 Å². The summed E-state index contributed by atoms with van der Waals surface area (Å²) in [5.41, 5.74) is -1.99. The number of rotatable bonds is 3. The van der Waals surface area contributed by atoms with Crippen molar-refractivity contribution < 1.29 is 28.2 Å². The monoisotopic (exact) mass is 338 g/mol. The zero-order valence-corrected chi connectivity index (χ0v) is 11.2. The van der Waals surface area contributed by atoms with Crippen molar-refractivity contribution in [2.24, 2.45) is 0 Å². The molecule has 0 aromatic heterocycles. The molecule has 0 aliphatic heterocycles. The van der Waals surface area contributed by atoms with Crippen LogP contribution in [0.3, 0.4) is 0 Å². The van der Waals surface area contributed by atoms with Gasteiger partial charge in [0.1, 0.15) is 5.75 Å². The molecule has 104 valence electrons. The number of aromatic hydroxyl groups is 1. The molecule has 0 unspecified atom stereocenters. The highest BCUT2D eigenvalue weighted by molar-refractivity contribution is 9.10. The molecule has 2 N–H and O–H groups in total. The van der Waals surface area contributed by atoms with Gasteiger partial charge < -0.3 is 10.2 Å². The molecule has 1 aromatic carbocycles. The number of phenolic OH excluding ortho intramolecular Hbond substituents is 1. The van der Waals surface area contributed by atoms with E-state index in [-0.39, 0.29) is 16.5 Å². The van der Waals surface area contributed by atoms with Crippen LogP contribution in [-0.4, -0.2) is 16.2 Å². The van der Waals surface area contributed by atoms with Crippen molar-refractivity contribution in [3.63, 3.8) is 0 Å². The summed E-state index contributed by atoms with van der Waals surface area (Å²) in [6.45, 7) is 0. The Morgan fingerprint density at radius 3 is 2.37 bits per heavy atom. The topological polar surface area (TPSA) is 57.5 Å². The number of carboxylic acid groups (broad SMARTS) is 1. The number of carboxylic acids is 1. The minimum atomic E-state index is -4.62. The molecule has 7 heteroatoms. The normalized spacial score (nSPS) is 17.3. The second-order valence-electron chi connectivity index (χ2n) is 4.70. The van der Waals surface area contributed by atoms with Gasteiger partial charge in [-0.3, -0.25) is 4.79 Å². The minimum absolute atomic E-state index is 0.0629. The fourth-order valence-corrected chi connectivity index (χ4v) is 2.56. The van der Waals surface area contributed by atoms with Crippen LogP contribution in [0.5, 0.6) is 5.75 Å². The van der Waals surface area contributed by atoms with Crippen molar-refractivity contribution in [1.82, 2.24) is 0 Å². The van der Waals surface area contributed by atoms with Crippen molar-refractivity contribution >= 4 is 21.9 Å². The number of halogens is 4. The number of benzene rings is 1. The Morgan fingerprint density at radius 2 is 1.95 bits per heavy atom. The smallest absolute Gasteiger partial charge is 0.416 e. The summed E-state index contributed by atoms with van der Waals surface area (Å²) in [6, 6.07) is 1.81. The van der Waals surface area contributed by atoms with Crippen LogP contribution >= 0.6 is 15.9 Å². The van der Waals surface area contributed by atoms with Crippen molar-refractivity contribution in [2.75, 3.05) is 0 Å². The Labute approximate surface area is 115 Å². The summed E-state index contributed by atoms with van der Waals surface area (Å²) in [4.78, 5) is 10.8. The van der Waals surface area contributed by atoms with Gasteiger partial charge in [-0.25, -0.2) is 0 Å². The lowest BCUT2D eigenvalue weighted by atomic mass is 9.88. The summed E-state index contributed by atoms with van der Waals surface area (Å²) < 4.78 is 39.1. The molecular weight excluding hydrogens is 329 g/mol. The lowest BCUT2D eigenvalue weighted by molar-refractivity contribution is -0.141. The van der Waals surface area contributed by atoms with Crippen molar-refractivity contribution in [3.8, 4) is 5.75 Å². The van der Waals surface area contributed by atoms with E-state index in [4.69, 9.17) is 5.11 Å². The Kier molecular flexibility index (Phi) is 3.28. The molecule has 0 bridgehead atoms. The van der Waals surface area contributed by atoms with Crippen LogP contribution in [0, 0.1) is 0 Å². The van der Waals surface area contributed by atoms with Crippen molar-refractivity contribution in [1.29, 1.82) is 0 Å². The number of phenols is 1. The quantitative estimate of drug-likeness (QED) is 0.883. The van der Waals surface area contributed by atoms with Crippen LogP contribution < -0.4 is 0 Å². The van der Waals surface area contributed by atoms with Gasteiger partial charge in [0.05, 0.1) is 16.5 Å². The van der Waals surface area contributed by atoms with E-state index in [1.807, 2.05) is 0 Å². The van der Waals surface area contributed by atoms with Crippen LogP contribution in [0.1, 0.15) is 30.4 Å². The third kappa shape index (κ3) is 2.70. The van der Waals surface area contributed by atoms with Gasteiger partial charge in [0, 0.05) is 5.41 Å². The Hall–Kier alpha value is -1.24. The van der Waals surface area contributed by atoms with Gasteiger partial charge in [-0.2, -0.15) is 13.2 Å². The van der Waals surface area contributed by atoms with Crippen LogP contribution in [0.2, 0.25) is 0 Å². The molecule has 19 heavy (non-hydrogen) atoms. The average Bonchev–Trinajstić information content (AvgIpc) is 2.99. The molecule has 0 amide bonds. The van der Waals surface area contributed by atoms with Gasteiger partial charge in [-0.15, -0.1) is 0 Å². The van der Waals surface area contributed by atoms with Gasteiger partial charge in [-0.1, -0.05) is 0 Å². The van der Waals surface area contributed by atoms with E-state index in [1.165, 1.54) is 6.07 Å².